The third-order valence-electron chi connectivity index (χ3n) is 11.4. The van der Waals surface area contributed by atoms with Crippen LogP contribution in [0.2, 0.25) is 22.0 Å². The van der Waals surface area contributed by atoms with E-state index in [1.165, 1.54) is 61.7 Å². The van der Waals surface area contributed by atoms with E-state index in [1.54, 1.807) is 11.1 Å². The Balaban J connectivity index is 1.46. The Morgan fingerprint density at radius 1 is 0.585 bits per heavy atom. The summed E-state index contributed by atoms with van der Waals surface area (Å²) in [6.07, 6.45) is 5.44. The van der Waals surface area contributed by atoms with Gasteiger partial charge in [-0.25, -0.2) is 0 Å². The van der Waals surface area contributed by atoms with Crippen LogP contribution < -0.4 is 0 Å². The van der Waals surface area contributed by atoms with Gasteiger partial charge in [0.05, 0.1) is 0 Å². The number of fused-ring (bicyclic) bond motifs is 6. The topological polar surface area (TPSA) is 0 Å². The molecule has 0 amide bonds. The SMILES string of the molecule is CC[Si]1(C)C2=Cc3c(-c4cccc(C)c4C)cccc3[CH]2[Hf]([CH3])([CH3])[CH]2C1=Cc1c(-c3cccc(C)c3C)cccc12. The van der Waals surface area contributed by atoms with Crippen LogP contribution in [-0.4, -0.2) is 8.07 Å². The van der Waals surface area contributed by atoms with Gasteiger partial charge in [0, 0.05) is 0 Å². The summed E-state index contributed by atoms with van der Waals surface area (Å²) in [4.78, 5) is 0. The Bertz CT molecular complexity index is 1690. The number of aryl methyl sites for hydroxylation is 2. The molecule has 206 valence electrons. The Kier molecular flexibility index (Phi) is 6.31. The fourth-order valence-electron chi connectivity index (χ4n) is 8.66. The Morgan fingerprint density at radius 2 is 0.976 bits per heavy atom. The molecule has 41 heavy (non-hydrogen) atoms. The predicted molar refractivity (Wildman–Crippen MR) is 178 cm³/mol. The molecule has 2 aliphatic carbocycles. The molecule has 4 aromatic rings. The number of hydrogen-bond donors (Lipinski definition) is 0. The van der Waals surface area contributed by atoms with Crippen molar-refractivity contribution in [3.05, 3.63) is 128 Å². The van der Waals surface area contributed by atoms with Gasteiger partial charge in [-0.1, -0.05) is 0 Å². The van der Waals surface area contributed by atoms with E-state index < -0.39 is 28.0 Å². The fraction of sp³-hybridized carbons (Fsp3) is 0.282. The summed E-state index contributed by atoms with van der Waals surface area (Å²) in [6.45, 7) is 14.3. The zero-order valence-electron chi connectivity index (χ0n) is 25.9. The van der Waals surface area contributed by atoms with Crippen molar-refractivity contribution in [2.24, 2.45) is 0 Å². The molecule has 2 atom stereocenters. The molecule has 1 heterocycles. The summed E-state index contributed by atoms with van der Waals surface area (Å²) in [6, 6.07) is 29.4. The third-order valence-corrected chi connectivity index (χ3v) is 33.4. The van der Waals surface area contributed by atoms with Crippen LogP contribution in [-0.2, 0) is 20.0 Å². The molecule has 0 spiro atoms. The molecule has 0 saturated carbocycles. The van der Waals surface area contributed by atoms with Gasteiger partial charge in [-0.15, -0.1) is 0 Å². The molecule has 0 radical (unpaired) electrons. The Morgan fingerprint density at radius 3 is 1.39 bits per heavy atom. The van der Waals surface area contributed by atoms with Crippen molar-refractivity contribution in [2.75, 3.05) is 0 Å². The molecule has 2 heteroatoms. The van der Waals surface area contributed by atoms with Crippen LogP contribution >= 0.6 is 0 Å². The van der Waals surface area contributed by atoms with E-state index in [2.05, 4.69) is 135 Å². The molecule has 1 fully saturated rings. The van der Waals surface area contributed by atoms with E-state index in [-0.39, 0.29) is 0 Å². The summed E-state index contributed by atoms with van der Waals surface area (Å²) in [5.41, 5.74) is 17.7. The van der Waals surface area contributed by atoms with E-state index in [1.807, 2.05) is 10.4 Å². The first-order valence-electron chi connectivity index (χ1n) is 15.4. The van der Waals surface area contributed by atoms with E-state index >= 15 is 0 Å². The summed E-state index contributed by atoms with van der Waals surface area (Å²) in [5.74, 6) is 0. The van der Waals surface area contributed by atoms with Crippen molar-refractivity contribution in [1.82, 2.24) is 0 Å². The molecule has 2 unspecified atom stereocenters. The molecule has 0 N–H and O–H groups in total. The number of rotatable bonds is 3. The van der Waals surface area contributed by atoms with Crippen LogP contribution in [0.4, 0.5) is 0 Å². The summed E-state index contributed by atoms with van der Waals surface area (Å²) in [7, 11) is -1.87. The van der Waals surface area contributed by atoms with E-state index in [0.29, 0.717) is 7.35 Å². The first kappa shape index (κ1) is 27.3. The van der Waals surface area contributed by atoms with Crippen molar-refractivity contribution < 1.29 is 20.0 Å². The molecular formula is C39H42HfSi. The maximum absolute atomic E-state index is 3.02. The van der Waals surface area contributed by atoms with Crippen LogP contribution in [0.5, 0.6) is 0 Å². The second kappa shape index (κ2) is 9.48. The molecule has 0 bridgehead atoms. The van der Waals surface area contributed by atoms with E-state index in [9.17, 15) is 0 Å². The standard InChI is InChI=1S/C37H36Si.2CH3.Hf/c1-7-38(6,30-20-28-14-10-18-34(36(28)22-30)32-16-8-12-24(2)26(32)4)31-21-29-15-11-19-35(37(29)23-31)33-17-9-13-25(3)27(33)5;;;/h8-23H,7H2,1-6H3;2*1H3;. The van der Waals surface area contributed by atoms with Gasteiger partial charge in [-0.2, -0.15) is 0 Å². The van der Waals surface area contributed by atoms with Gasteiger partial charge in [0.2, 0.25) is 0 Å². The van der Waals surface area contributed by atoms with Gasteiger partial charge in [0.25, 0.3) is 0 Å². The van der Waals surface area contributed by atoms with Gasteiger partial charge >= 0.3 is 254 Å². The molecule has 1 aliphatic heterocycles. The number of allylic oxidation sites excluding steroid dienone is 2. The third kappa shape index (κ3) is 3.72. The maximum atomic E-state index is 2.78. The molecule has 4 aromatic carbocycles. The molecule has 7 rings (SSSR count). The van der Waals surface area contributed by atoms with Gasteiger partial charge in [0.1, 0.15) is 0 Å². The van der Waals surface area contributed by atoms with E-state index in [0.717, 1.165) is 0 Å². The molecule has 0 aromatic heterocycles. The molecule has 3 aliphatic rings. The zero-order valence-corrected chi connectivity index (χ0v) is 30.5. The molecule has 1 saturated heterocycles. The minimum absolute atomic E-state index is 0.677. The second-order valence-electron chi connectivity index (χ2n) is 13.7. The quantitative estimate of drug-likeness (QED) is 0.185. The summed E-state index contributed by atoms with van der Waals surface area (Å²) >= 11 is -3.02. The average molecular weight is 717 g/mol. The number of hydrogen-bond acceptors (Lipinski definition) is 0. The Labute approximate surface area is 252 Å². The van der Waals surface area contributed by atoms with Crippen molar-refractivity contribution in [3.63, 3.8) is 0 Å². The predicted octanol–water partition coefficient (Wildman–Crippen LogP) is 11.3. The summed E-state index contributed by atoms with van der Waals surface area (Å²) in [5, 5.41) is 3.70. The van der Waals surface area contributed by atoms with Gasteiger partial charge < -0.3 is 0 Å². The Hall–Kier alpha value is -2.55. The minimum atomic E-state index is -3.02. The monoisotopic (exact) mass is 718 g/mol. The summed E-state index contributed by atoms with van der Waals surface area (Å²) < 4.78 is 6.92. The van der Waals surface area contributed by atoms with Crippen LogP contribution in [0.25, 0.3) is 34.4 Å². The molecular weight excluding hydrogens is 675 g/mol. The average Bonchev–Trinajstić information content (AvgIpc) is 3.57. The van der Waals surface area contributed by atoms with Crippen LogP contribution in [0.15, 0.2) is 83.2 Å². The van der Waals surface area contributed by atoms with Crippen molar-refractivity contribution in [3.8, 4) is 22.3 Å². The zero-order chi connectivity index (χ0) is 28.8. The van der Waals surface area contributed by atoms with Crippen LogP contribution in [0.1, 0.15) is 58.8 Å². The van der Waals surface area contributed by atoms with Crippen molar-refractivity contribution in [2.45, 2.75) is 63.9 Å². The van der Waals surface area contributed by atoms with Gasteiger partial charge in [0.15, 0.2) is 0 Å². The van der Waals surface area contributed by atoms with Crippen molar-refractivity contribution >= 4 is 20.2 Å². The van der Waals surface area contributed by atoms with Crippen molar-refractivity contribution in [1.29, 1.82) is 0 Å². The normalized spacial score (nSPS) is 23.3. The van der Waals surface area contributed by atoms with Gasteiger partial charge in [-0.3, -0.25) is 0 Å². The van der Waals surface area contributed by atoms with Crippen LogP contribution in [0.3, 0.4) is 0 Å². The van der Waals surface area contributed by atoms with E-state index in [4.69, 9.17) is 0 Å². The van der Waals surface area contributed by atoms with Crippen LogP contribution in [0, 0.1) is 27.7 Å². The molecule has 0 nitrogen and oxygen atoms in total. The second-order valence-corrected chi connectivity index (χ2v) is 35.4. The van der Waals surface area contributed by atoms with Gasteiger partial charge in [-0.05, 0) is 0 Å². The first-order chi connectivity index (χ1) is 19.6. The first-order valence-corrected chi connectivity index (χ1v) is 29.5. The fourth-order valence-corrected chi connectivity index (χ4v) is 40.4. The number of benzene rings is 4.